The summed E-state index contributed by atoms with van der Waals surface area (Å²) in [5, 5.41) is 5.69. The number of halogens is 3. The van der Waals surface area contributed by atoms with Gasteiger partial charge in [0.05, 0.1) is 0 Å². The average molecular weight is 564 g/mol. The van der Waals surface area contributed by atoms with Gasteiger partial charge in [0.1, 0.15) is 5.75 Å². The van der Waals surface area contributed by atoms with Crippen LogP contribution in [0.2, 0.25) is 0 Å². The number of urea groups is 1. The van der Waals surface area contributed by atoms with Crippen LogP contribution in [0.4, 0.5) is 23.7 Å². The van der Waals surface area contributed by atoms with Gasteiger partial charge in [-0.1, -0.05) is 32.9 Å². The number of carbonyl (C=O) groups excluding carboxylic acids is 2. The number of alkyl halides is 3. The molecular formula is C30H40F3N3O4. The van der Waals surface area contributed by atoms with Crippen LogP contribution in [0.15, 0.2) is 48.5 Å². The molecule has 2 aromatic rings. The Labute approximate surface area is 234 Å². The number of hydrogen-bond acceptors (Lipinski definition) is 4. The van der Waals surface area contributed by atoms with Crippen LogP contribution in [0.5, 0.6) is 5.75 Å². The average Bonchev–Trinajstić information content (AvgIpc) is 2.90. The molecule has 1 fully saturated rings. The fourth-order valence-corrected chi connectivity index (χ4v) is 5.03. The molecule has 0 radical (unpaired) electrons. The predicted octanol–water partition coefficient (Wildman–Crippen LogP) is 6.99. The zero-order valence-electron chi connectivity index (χ0n) is 23.6. The first-order chi connectivity index (χ1) is 18.9. The van der Waals surface area contributed by atoms with Gasteiger partial charge >= 0.3 is 12.4 Å². The minimum Gasteiger partial charge on any atom is -0.406 e. The second-order valence-electron chi connectivity index (χ2n) is 11.3. The number of amides is 3. The molecule has 0 spiro atoms. The Balaban J connectivity index is 1.71. The van der Waals surface area contributed by atoms with E-state index in [0.717, 1.165) is 37.7 Å². The van der Waals surface area contributed by atoms with Crippen molar-refractivity contribution >= 4 is 17.6 Å². The summed E-state index contributed by atoms with van der Waals surface area (Å²) < 4.78 is 46.4. The Kier molecular flexibility index (Phi) is 10.8. The molecular weight excluding hydrogens is 523 g/mol. The molecule has 40 heavy (non-hydrogen) atoms. The normalized spacial score (nSPS) is 17.7. The zero-order chi connectivity index (χ0) is 29.3. The van der Waals surface area contributed by atoms with Crippen LogP contribution in [0.1, 0.15) is 68.8 Å². The first-order valence-electron chi connectivity index (χ1n) is 13.6. The van der Waals surface area contributed by atoms with Crippen LogP contribution in [0.3, 0.4) is 0 Å². The third-order valence-corrected chi connectivity index (χ3v) is 7.34. The van der Waals surface area contributed by atoms with Gasteiger partial charge in [0.2, 0.25) is 0 Å². The smallest absolute Gasteiger partial charge is 0.406 e. The third kappa shape index (κ3) is 9.73. The maximum absolute atomic E-state index is 13.5. The van der Waals surface area contributed by atoms with E-state index in [9.17, 15) is 22.8 Å². The number of nitrogens with zero attached hydrogens (tertiary/aromatic N) is 1. The Bertz CT molecular complexity index is 1090. The van der Waals surface area contributed by atoms with Gasteiger partial charge in [-0.2, -0.15) is 0 Å². The van der Waals surface area contributed by atoms with E-state index in [0.29, 0.717) is 36.9 Å². The summed E-state index contributed by atoms with van der Waals surface area (Å²) in [6, 6.07) is 11.9. The van der Waals surface area contributed by atoms with Crippen LogP contribution >= 0.6 is 0 Å². The van der Waals surface area contributed by atoms with Crippen molar-refractivity contribution in [2.75, 3.05) is 25.6 Å². The number of rotatable bonds is 10. The Hall–Kier alpha value is -3.27. The molecule has 3 rings (SSSR count). The lowest BCUT2D eigenvalue weighted by Crippen LogP contribution is -2.45. The zero-order valence-corrected chi connectivity index (χ0v) is 23.6. The lowest BCUT2D eigenvalue weighted by atomic mass is 9.71. The van der Waals surface area contributed by atoms with Gasteiger partial charge in [-0.25, -0.2) is 4.79 Å². The van der Waals surface area contributed by atoms with Crippen LogP contribution in [-0.4, -0.2) is 49.5 Å². The largest absolute Gasteiger partial charge is 0.573 e. The van der Waals surface area contributed by atoms with Crippen molar-refractivity contribution in [3.05, 3.63) is 59.7 Å². The van der Waals surface area contributed by atoms with Gasteiger partial charge in [0.15, 0.2) is 0 Å². The number of anilines is 1. The Morgan fingerprint density at radius 1 is 0.950 bits per heavy atom. The van der Waals surface area contributed by atoms with E-state index in [4.69, 9.17) is 4.74 Å². The maximum Gasteiger partial charge on any atom is 0.573 e. The van der Waals surface area contributed by atoms with E-state index in [2.05, 4.69) is 36.1 Å². The van der Waals surface area contributed by atoms with Gasteiger partial charge < -0.3 is 25.0 Å². The van der Waals surface area contributed by atoms with E-state index in [1.165, 1.54) is 24.3 Å². The van der Waals surface area contributed by atoms with E-state index in [1.807, 2.05) is 12.1 Å². The molecule has 3 amide bonds. The molecule has 0 atom stereocenters. The molecule has 1 aliphatic carbocycles. The standard InChI is InChI=1S/C30H40F3N3O4/c1-29(2,3)23-10-14-25(15-11-23)36(28(38)35-24-12-16-26(17-13-24)40-30(31,32)33)20-21-6-8-22(9-7-21)27(37)34-18-5-19-39-4/h6-9,12-13,16-17,23,25H,5,10-11,14-15,18-20H2,1-4H3,(H,34,37)(H,35,38). The van der Waals surface area contributed by atoms with Gasteiger partial charge in [-0.15, -0.1) is 13.2 Å². The van der Waals surface area contributed by atoms with Crippen LogP contribution in [-0.2, 0) is 11.3 Å². The molecule has 0 unspecified atom stereocenters. The Morgan fingerprint density at radius 2 is 1.57 bits per heavy atom. The maximum atomic E-state index is 13.5. The van der Waals surface area contributed by atoms with Crippen molar-refractivity contribution < 1.29 is 32.2 Å². The summed E-state index contributed by atoms with van der Waals surface area (Å²) in [5.41, 5.74) is 1.97. The number of nitrogens with one attached hydrogen (secondary N) is 2. The first kappa shape index (κ1) is 31.3. The summed E-state index contributed by atoms with van der Waals surface area (Å²) in [6.45, 7) is 8.14. The summed E-state index contributed by atoms with van der Waals surface area (Å²) in [5.74, 6) is 0.0397. The van der Waals surface area contributed by atoms with Crippen molar-refractivity contribution in [3.8, 4) is 5.75 Å². The van der Waals surface area contributed by atoms with Gasteiger partial charge in [-0.05, 0) is 85.4 Å². The fourth-order valence-electron chi connectivity index (χ4n) is 5.03. The quantitative estimate of drug-likeness (QED) is 0.306. The van der Waals surface area contributed by atoms with Crippen LogP contribution in [0, 0.1) is 11.3 Å². The number of methoxy groups -OCH3 is 1. The number of carbonyl (C=O) groups is 2. The number of benzene rings is 2. The molecule has 10 heteroatoms. The minimum atomic E-state index is -4.78. The van der Waals surface area contributed by atoms with Crippen LogP contribution < -0.4 is 15.4 Å². The van der Waals surface area contributed by atoms with Gasteiger partial charge in [-0.3, -0.25) is 4.79 Å². The lowest BCUT2D eigenvalue weighted by molar-refractivity contribution is -0.274. The molecule has 0 heterocycles. The summed E-state index contributed by atoms with van der Waals surface area (Å²) in [7, 11) is 1.61. The molecule has 7 nitrogen and oxygen atoms in total. The van der Waals surface area contributed by atoms with E-state index in [1.54, 1.807) is 24.1 Å². The van der Waals surface area contributed by atoms with Crippen molar-refractivity contribution in [1.29, 1.82) is 0 Å². The van der Waals surface area contributed by atoms with E-state index < -0.39 is 6.36 Å². The van der Waals surface area contributed by atoms with E-state index in [-0.39, 0.29) is 29.1 Å². The minimum absolute atomic E-state index is 0.00944. The molecule has 2 N–H and O–H groups in total. The SMILES string of the molecule is COCCCNC(=O)c1ccc(CN(C(=O)Nc2ccc(OC(F)(F)F)cc2)C2CCC(C(C)(C)C)CC2)cc1. The highest BCUT2D eigenvalue weighted by Crippen LogP contribution is 2.39. The van der Waals surface area contributed by atoms with Gasteiger partial charge in [0.25, 0.3) is 5.91 Å². The number of ether oxygens (including phenoxy) is 2. The predicted molar refractivity (Wildman–Crippen MR) is 148 cm³/mol. The monoisotopic (exact) mass is 563 g/mol. The molecule has 1 aliphatic rings. The summed E-state index contributed by atoms with van der Waals surface area (Å²) >= 11 is 0. The van der Waals surface area contributed by atoms with Crippen molar-refractivity contribution in [1.82, 2.24) is 10.2 Å². The summed E-state index contributed by atoms with van der Waals surface area (Å²) in [6.07, 6.45) is -0.341. The van der Waals surface area contributed by atoms with Crippen LogP contribution in [0.25, 0.3) is 0 Å². The first-order valence-corrected chi connectivity index (χ1v) is 13.6. The molecule has 0 saturated heterocycles. The van der Waals surface area contributed by atoms with Gasteiger partial charge in [0, 0.05) is 44.1 Å². The van der Waals surface area contributed by atoms with Crippen molar-refractivity contribution in [3.63, 3.8) is 0 Å². The molecule has 0 aliphatic heterocycles. The topological polar surface area (TPSA) is 79.9 Å². The Morgan fingerprint density at radius 3 is 2.12 bits per heavy atom. The molecule has 0 aromatic heterocycles. The summed E-state index contributed by atoms with van der Waals surface area (Å²) in [4.78, 5) is 27.7. The fraction of sp³-hybridized carbons (Fsp3) is 0.533. The van der Waals surface area contributed by atoms with Crippen molar-refractivity contribution in [2.45, 2.75) is 71.8 Å². The highest BCUT2D eigenvalue weighted by Gasteiger charge is 2.34. The molecule has 220 valence electrons. The highest BCUT2D eigenvalue weighted by atomic mass is 19.4. The lowest BCUT2D eigenvalue weighted by Gasteiger charge is -2.41. The second kappa shape index (κ2) is 13.9. The molecule has 0 bridgehead atoms. The highest BCUT2D eigenvalue weighted by molar-refractivity contribution is 5.94. The second-order valence-corrected chi connectivity index (χ2v) is 11.3. The van der Waals surface area contributed by atoms with Crippen molar-refractivity contribution in [2.24, 2.45) is 11.3 Å². The third-order valence-electron chi connectivity index (χ3n) is 7.34. The molecule has 1 saturated carbocycles. The van der Waals surface area contributed by atoms with E-state index >= 15 is 0 Å². The number of hydrogen-bond donors (Lipinski definition) is 2. The molecule has 2 aromatic carbocycles.